The minimum atomic E-state index is -3.64. The number of nitrogens with zero attached hydrogens (tertiary/aromatic N) is 4. The molecule has 2 fully saturated rings. The molecule has 0 bridgehead atoms. The van der Waals surface area contributed by atoms with Gasteiger partial charge in [-0.2, -0.15) is 4.31 Å². The first kappa shape index (κ1) is 18.8. The number of ether oxygens (including phenoxy) is 1. The Balaban J connectivity index is 1.61. The van der Waals surface area contributed by atoms with Gasteiger partial charge in [0, 0.05) is 31.6 Å². The molecule has 1 amide bonds. The van der Waals surface area contributed by atoms with Crippen LogP contribution in [0.15, 0.2) is 11.2 Å². The molecule has 0 aliphatic carbocycles. The predicted molar refractivity (Wildman–Crippen MR) is 98.5 cm³/mol. The second-order valence-electron chi connectivity index (χ2n) is 7.69. The fraction of sp³-hybridized carbons (Fsp3) is 0.667. The van der Waals surface area contributed by atoms with E-state index in [0.29, 0.717) is 35.6 Å². The Bertz CT molecular complexity index is 807. The normalized spacial score (nSPS) is 20.1. The molecule has 0 saturated carbocycles. The maximum Gasteiger partial charge on any atom is 0.410 e. The van der Waals surface area contributed by atoms with Crippen molar-refractivity contribution in [2.45, 2.75) is 38.3 Å². The van der Waals surface area contributed by atoms with Gasteiger partial charge in [0.1, 0.15) is 9.30 Å². The molecule has 0 radical (unpaired) electrons. The van der Waals surface area contributed by atoms with E-state index < -0.39 is 15.6 Å². The van der Waals surface area contributed by atoms with Crippen LogP contribution in [0, 0.1) is 16.0 Å². The van der Waals surface area contributed by atoms with Gasteiger partial charge < -0.3 is 9.64 Å². The Morgan fingerprint density at radius 1 is 1.28 bits per heavy atom. The third-order valence-corrected chi connectivity index (χ3v) is 6.53. The van der Waals surface area contributed by atoms with Gasteiger partial charge in [0.2, 0.25) is 0 Å². The Kier molecular flexibility index (Phi) is 4.52. The van der Waals surface area contributed by atoms with E-state index in [-0.39, 0.29) is 16.5 Å². The number of hydrogen-bond donors (Lipinski definition) is 0. The lowest BCUT2D eigenvalue weighted by atomic mass is 9.75. The molecule has 1 aromatic heterocycles. The maximum atomic E-state index is 12.7. The molecule has 0 N–H and O–H groups in total. The quantitative estimate of drug-likeness (QED) is 0.598. The van der Waals surface area contributed by atoms with Crippen LogP contribution >= 0.6 is 22.6 Å². The molecule has 3 heterocycles. The SMILES string of the molecule is Cc1nc(I)cnc1S(=O)(=O)N1CC2(CN(C(=O)OC(C)(C)C)C2)C1. The van der Waals surface area contributed by atoms with Crippen molar-refractivity contribution in [1.29, 1.82) is 0 Å². The molecule has 0 unspecified atom stereocenters. The summed E-state index contributed by atoms with van der Waals surface area (Å²) in [6.45, 7) is 8.93. The van der Waals surface area contributed by atoms with E-state index in [0.717, 1.165) is 0 Å². The van der Waals surface area contributed by atoms with Gasteiger partial charge in [0.05, 0.1) is 11.9 Å². The predicted octanol–water partition coefficient (Wildman–Crippen LogP) is 1.63. The highest BCUT2D eigenvalue weighted by Crippen LogP contribution is 2.42. The summed E-state index contributed by atoms with van der Waals surface area (Å²) in [5.74, 6) is 0. The third-order valence-electron chi connectivity index (χ3n) is 4.18. The molecule has 1 spiro atoms. The van der Waals surface area contributed by atoms with Gasteiger partial charge in [0.15, 0.2) is 5.03 Å². The molecule has 3 rings (SSSR count). The summed E-state index contributed by atoms with van der Waals surface area (Å²) >= 11 is 2.00. The molecule has 2 aliphatic heterocycles. The van der Waals surface area contributed by atoms with Gasteiger partial charge in [-0.05, 0) is 50.3 Å². The lowest BCUT2D eigenvalue weighted by Gasteiger charge is -2.58. The summed E-state index contributed by atoms with van der Waals surface area (Å²) in [4.78, 5) is 21.8. The zero-order chi connectivity index (χ0) is 18.6. The smallest absolute Gasteiger partial charge is 0.410 e. The fourth-order valence-corrected chi connectivity index (χ4v) is 5.35. The molecule has 8 nitrogen and oxygen atoms in total. The lowest BCUT2D eigenvalue weighted by Crippen LogP contribution is -2.73. The van der Waals surface area contributed by atoms with E-state index in [4.69, 9.17) is 4.74 Å². The maximum absolute atomic E-state index is 12.7. The van der Waals surface area contributed by atoms with Crippen molar-refractivity contribution in [1.82, 2.24) is 19.2 Å². The van der Waals surface area contributed by atoms with Gasteiger partial charge >= 0.3 is 6.09 Å². The Labute approximate surface area is 161 Å². The first-order valence-corrected chi connectivity index (χ1v) is 10.4. The van der Waals surface area contributed by atoms with Crippen LogP contribution in [0.25, 0.3) is 0 Å². The second-order valence-corrected chi connectivity index (χ2v) is 10.7. The minimum Gasteiger partial charge on any atom is -0.444 e. The van der Waals surface area contributed by atoms with Gasteiger partial charge in [0.25, 0.3) is 10.0 Å². The average molecular weight is 480 g/mol. The Morgan fingerprint density at radius 2 is 1.88 bits per heavy atom. The number of amides is 1. The summed E-state index contributed by atoms with van der Waals surface area (Å²) in [6, 6.07) is 0. The third kappa shape index (κ3) is 3.61. The number of sulfonamides is 1. The molecule has 25 heavy (non-hydrogen) atoms. The lowest BCUT2D eigenvalue weighted by molar-refractivity contribution is -0.0840. The number of carbonyl (C=O) groups excluding carboxylic acids is 1. The van der Waals surface area contributed by atoms with E-state index in [9.17, 15) is 13.2 Å². The zero-order valence-corrected chi connectivity index (χ0v) is 17.6. The Morgan fingerprint density at radius 3 is 2.40 bits per heavy atom. The molecule has 1 aromatic rings. The molecule has 2 aliphatic rings. The second kappa shape index (κ2) is 6.02. The molecule has 0 atom stereocenters. The number of aromatic nitrogens is 2. The van der Waals surface area contributed by atoms with Crippen molar-refractivity contribution in [3.63, 3.8) is 0 Å². The standard InChI is InChI=1S/C15H21IN4O4S/c1-10-12(17-5-11(16)18-10)25(22,23)20-8-15(9-20)6-19(7-15)13(21)24-14(2,3)4/h5H,6-9H2,1-4H3. The van der Waals surface area contributed by atoms with E-state index >= 15 is 0 Å². The zero-order valence-electron chi connectivity index (χ0n) is 14.6. The van der Waals surface area contributed by atoms with Gasteiger partial charge in [-0.1, -0.05) is 0 Å². The van der Waals surface area contributed by atoms with Crippen LogP contribution in [0.1, 0.15) is 26.5 Å². The molecule has 138 valence electrons. The Hall–Kier alpha value is -1.01. The summed E-state index contributed by atoms with van der Waals surface area (Å²) in [5.41, 5.74) is -0.290. The van der Waals surface area contributed by atoms with Crippen LogP contribution in [0.2, 0.25) is 0 Å². The highest BCUT2D eigenvalue weighted by molar-refractivity contribution is 14.1. The van der Waals surface area contributed by atoms with Crippen LogP contribution in [0.3, 0.4) is 0 Å². The van der Waals surface area contributed by atoms with E-state index in [1.165, 1.54) is 10.5 Å². The highest BCUT2D eigenvalue weighted by Gasteiger charge is 2.57. The molecular formula is C15H21IN4O4S. The first-order valence-electron chi connectivity index (χ1n) is 7.89. The van der Waals surface area contributed by atoms with Crippen molar-refractivity contribution in [2.75, 3.05) is 26.2 Å². The fourth-order valence-electron chi connectivity index (χ4n) is 3.11. The summed E-state index contributed by atoms with van der Waals surface area (Å²) in [6.07, 6.45) is 1.10. The van der Waals surface area contributed by atoms with E-state index in [1.807, 2.05) is 43.4 Å². The molecular weight excluding hydrogens is 459 g/mol. The number of halogens is 1. The number of likely N-dealkylation sites (tertiary alicyclic amines) is 1. The van der Waals surface area contributed by atoms with Gasteiger partial charge in [-0.3, -0.25) is 0 Å². The summed E-state index contributed by atoms with van der Waals surface area (Å²) < 4.78 is 32.8. The van der Waals surface area contributed by atoms with Crippen molar-refractivity contribution in [3.05, 3.63) is 15.6 Å². The number of rotatable bonds is 2. The molecule has 10 heteroatoms. The highest BCUT2D eigenvalue weighted by atomic mass is 127. The molecule has 2 saturated heterocycles. The van der Waals surface area contributed by atoms with Gasteiger partial charge in [-0.25, -0.2) is 23.2 Å². The number of aryl methyl sites for hydroxylation is 1. The van der Waals surface area contributed by atoms with Crippen LogP contribution < -0.4 is 0 Å². The van der Waals surface area contributed by atoms with Crippen molar-refractivity contribution < 1.29 is 17.9 Å². The number of carbonyl (C=O) groups is 1. The summed E-state index contributed by atoms with van der Waals surface area (Å²) in [5, 5.41) is 0.00564. The van der Waals surface area contributed by atoms with Crippen LogP contribution in [0.4, 0.5) is 4.79 Å². The molecule has 0 aromatic carbocycles. The van der Waals surface area contributed by atoms with Crippen molar-refractivity contribution in [3.8, 4) is 0 Å². The number of hydrogen-bond acceptors (Lipinski definition) is 6. The topological polar surface area (TPSA) is 92.7 Å². The van der Waals surface area contributed by atoms with Crippen molar-refractivity contribution in [2.24, 2.45) is 5.41 Å². The minimum absolute atomic E-state index is 0.00564. The average Bonchev–Trinajstić information content (AvgIpc) is 2.31. The summed E-state index contributed by atoms with van der Waals surface area (Å²) in [7, 11) is -3.64. The first-order chi connectivity index (χ1) is 11.4. The monoisotopic (exact) mass is 480 g/mol. The van der Waals surface area contributed by atoms with Crippen molar-refractivity contribution >= 4 is 38.7 Å². The van der Waals surface area contributed by atoms with E-state index in [2.05, 4.69) is 9.97 Å². The van der Waals surface area contributed by atoms with Crippen LogP contribution in [-0.4, -0.2) is 65.5 Å². The van der Waals surface area contributed by atoms with Crippen LogP contribution in [0.5, 0.6) is 0 Å². The van der Waals surface area contributed by atoms with Crippen LogP contribution in [-0.2, 0) is 14.8 Å². The largest absolute Gasteiger partial charge is 0.444 e. The van der Waals surface area contributed by atoms with E-state index in [1.54, 1.807) is 11.8 Å². The van der Waals surface area contributed by atoms with Gasteiger partial charge in [-0.15, -0.1) is 0 Å².